The van der Waals surface area contributed by atoms with E-state index in [1.807, 2.05) is 0 Å². The summed E-state index contributed by atoms with van der Waals surface area (Å²) in [5.74, 6) is -1.77. The molecule has 0 spiro atoms. The molecule has 14 heavy (non-hydrogen) atoms. The van der Waals surface area contributed by atoms with Crippen molar-refractivity contribution in [1.29, 1.82) is 0 Å². The van der Waals surface area contributed by atoms with Gasteiger partial charge in [-0.25, -0.2) is 9.78 Å². The lowest BCUT2D eigenvalue weighted by molar-refractivity contribution is -0.135. The highest BCUT2D eigenvalue weighted by atomic mass is 35.5. The zero-order chi connectivity index (χ0) is 10.7. The van der Waals surface area contributed by atoms with Gasteiger partial charge < -0.3 is 4.74 Å². The molecule has 0 bridgehead atoms. The molecule has 0 saturated carbocycles. The van der Waals surface area contributed by atoms with E-state index in [9.17, 15) is 9.59 Å². The van der Waals surface area contributed by atoms with Crippen molar-refractivity contribution in [2.45, 2.75) is 0 Å². The Bertz CT molecular complexity index is 392. The molecule has 0 aliphatic heterocycles. The first kappa shape index (κ1) is 10.9. The van der Waals surface area contributed by atoms with Gasteiger partial charge in [0.05, 0.1) is 12.1 Å². The maximum Gasteiger partial charge on any atom is 0.379 e. The molecular formula is C8H5Cl2NO3. The topological polar surface area (TPSA) is 56.3 Å². The molecule has 0 radical (unpaired) electrons. The summed E-state index contributed by atoms with van der Waals surface area (Å²) in [6, 6.07) is 1.26. The van der Waals surface area contributed by atoms with Gasteiger partial charge in [-0.05, 0) is 6.07 Å². The van der Waals surface area contributed by atoms with Crippen molar-refractivity contribution in [1.82, 2.24) is 4.98 Å². The van der Waals surface area contributed by atoms with E-state index in [-0.39, 0.29) is 15.7 Å². The minimum absolute atomic E-state index is 0.0475. The fourth-order valence-corrected chi connectivity index (χ4v) is 1.03. The van der Waals surface area contributed by atoms with Gasteiger partial charge in [0.2, 0.25) is 0 Å². The number of methoxy groups -OCH3 is 1. The van der Waals surface area contributed by atoms with Gasteiger partial charge in [-0.3, -0.25) is 4.79 Å². The molecule has 0 amide bonds. The average Bonchev–Trinajstić information content (AvgIpc) is 2.20. The molecule has 1 rings (SSSR count). The Kier molecular flexibility index (Phi) is 3.43. The highest BCUT2D eigenvalue weighted by Crippen LogP contribution is 2.19. The van der Waals surface area contributed by atoms with Gasteiger partial charge in [-0.2, -0.15) is 0 Å². The zero-order valence-corrected chi connectivity index (χ0v) is 8.59. The molecule has 0 unspecified atom stereocenters. The number of carbonyl (C=O) groups is 2. The molecule has 4 nitrogen and oxygen atoms in total. The van der Waals surface area contributed by atoms with Crippen LogP contribution in [0, 0.1) is 0 Å². The van der Waals surface area contributed by atoms with Crippen LogP contribution in [0.3, 0.4) is 0 Å². The van der Waals surface area contributed by atoms with Crippen molar-refractivity contribution in [2.24, 2.45) is 0 Å². The van der Waals surface area contributed by atoms with Gasteiger partial charge in [0, 0.05) is 11.8 Å². The molecule has 1 aromatic rings. The highest BCUT2D eigenvalue weighted by molar-refractivity contribution is 6.43. The average molecular weight is 234 g/mol. The van der Waals surface area contributed by atoms with Crippen molar-refractivity contribution in [3.05, 3.63) is 28.0 Å². The number of aromatic nitrogens is 1. The number of nitrogens with zero attached hydrogens (tertiary/aromatic N) is 1. The van der Waals surface area contributed by atoms with E-state index in [1.54, 1.807) is 0 Å². The van der Waals surface area contributed by atoms with Crippen LogP contribution in [0.1, 0.15) is 10.4 Å². The van der Waals surface area contributed by atoms with Crippen molar-refractivity contribution in [2.75, 3.05) is 7.11 Å². The van der Waals surface area contributed by atoms with Gasteiger partial charge in [0.15, 0.2) is 0 Å². The van der Waals surface area contributed by atoms with Crippen LogP contribution in [0.15, 0.2) is 12.3 Å². The number of ketones is 1. The fourth-order valence-electron chi connectivity index (χ4n) is 0.756. The third-order valence-corrected chi connectivity index (χ3v) is 2.12. The van der Waals surface area contributed by atoms with Crippen molar-refractivity contribution in [3.63, 3.8) is 0 Å². The fraction of sp³-hybridized carbons (Fsp3) is 0.125. The van der Waals surface area contributed by atoms with Crippen LogP contribution in [0.2, 0.25) is 10.2 Å². The second-order valence-electron chi connectivity index (χ2n) is 2.32. The van der Waals surface area contributed by atoms with Gasteiger partial charge >= 0.3 is 5.97 Å². The lowest BCUT2D eigenvalue weighted by Crippen LogP contribution is -2.15. The maximum atomic E-state index is 11.2. The number of rotatable bonds is 2. The molecule has 6 heteroatoms. The molecule has 0 aliphatic carbocycles. The summed E-state index contributed by atoms with van der Waals surface area (Å²) in [5.41, 5.74) is 0.0475. The van der Waals surface area contributed by atoms with E-state index in [0.29, 0.717) is 0 Å². The van der Waals surface area contributed by atoms with Crippen LogP contribution in [0.25, 0.3) is 0 Å². The van der Waals surface area contributed by atoms with Crippen LogP contribution >= 0.6 is 23.2 Å². The van der Waals surface area contributed by atoms with E-state index in [2.05, 4.69) is 9.72 Å². The van der Waals surface area contributed by atoms with Crippen LogP contribution < -0.4 is 0 Å². The lowest BCUT2D eigenvalue weighted by Gasteiger charge is -1.99. The molecule has 0 saturated heterocycles. The summed E-state index contributed by atoms with van der Waals surface area (Å²) in [5, 5.41) is 0.189. The van der Waals surface area contributed by atoms with E-state index in [4.69, 9.17) is 23.2 Å². The number of carbonyl (C=O) groups excluding carboxylic acids is 2. The maximum absolute atomic E-state index is 11.2. The van der Waals surface area contributed by atoms with Gasteiger partial charge in [0.25, 0.3) is 5.78 Å². The predicted molar refractivity (Wildman–Crippen MR) is 50.6 cm³/mol. The number of hydrogen-bond acceptors (Lipinski definition) is 4. The van der Waals surface area contributed by atoms with E-state index in [1.165, 1.54) is 6.07 Å². The third kappa shape index (κ3) is 2.21. The van der Waals surface area contributed by atoms with Crippen molar-refractivity contribution in [3.8, 4) is 0 Å². The van der Waals surface area contributed by atoms with Crippen LogP contribution in [-0.4, -0.2) is 23.8 Å². The predicted octanol–water partition coefficient (Wildman–Crippen LogP) is 1.74. The first-order valence-corrected chi connectivity index (χ1v) is 4.25. The minimum atomic E-state index is -0.967. The van der Waals surface area contributed by atoms with Crippen molar-refractivity contribution < 1.29 is 14.3 Å². The standard InChI is InChI=1S/C8H5Cl2NO3/c1-14-8(13)6(12)4-2-5(9)7(10)11-3-4/h2-3H,1H3. The van der Waals surface area contributed by atoms with Crippen LogP contribution in [0.5, 0.6) is 0 Å². The molecule has 0 fully saturated rings. The summed E-state index contributed by atoms with van der Waals surface area (Å²) in [7, 11) is 1.12. The molecule has 0 atom stereocenters. The number of hydrogen-bond donors (Lipinski definition) is 0. The second-order valence-corrected chi connectivity index (χ2v) is 3.08. The largest absolute Gasteiger partial charge is 0.463 e. The summed E-state index contributed by atoms with van der Waals surface area (Å²) in [6.07, 6.45) is 1.16. The van der Waals surface area contributed by atoms with Gasteiger partial charge in [-0.15, -0.1) is 0 Å². The molecule has 0 aromatic carbocycles. The highest BCUT2D eigenvalue weighted by Gasteiger charge is 2.17. The number of ether oxygens (including phenoxy) is 1. The molecule has 0 aliphatic rings. The first-order chi connectivity index (χ1) is 6.56. The number of pyridine rings is 1. The lowest BCUT2D eigenvalue weighted by atomic mass is 10.2. The van der Waals surface area contributed by atoms with Crippen LogP contribution in [-0.2, 0) is 9.53 Å². The first-order valence-electron chi connectivity index (χ1n) is 3.50. The Labute approximate surface area is 89.8 Å². The molecule has 74 valence electrons. The number of halogens is 2. The quantitative estimate of drug-likeness (QED) is 0.338. The van der Waals surface area contributed by atoms with Crippen molar-refractivity contribution >= 4 is 35.0 Å². The monoisotopic (exact) mass is 233 g/mol. The SMILES string of the molecule is COC(=O)C(=O)c1cnc(Cl)c(Cl)c1. The van der Waals surface area contributed by atoms with Gasteiger partial charge in [0.1, 0.15) is 5.15 Å². The second kappa shape index (κ2) is 4.39. The smallest absolute Gasteiger partial charge is 0.379 e. The Morgan fingerprint density at radius 1 is 1.43 bits per heavy atom. The van der Waals surface area contributed by atoms with E-state index in [0.717, 1.165) is 13.3 Å². The Morgan fingerprint density at radius 3 is 2.57 bits per heavy atom. The number of esters is 1. The van der Waals surface area contributed by atoms with E-state index >= 15 is 0 Å². The minimum Gasteiger partial charge on any atom is -0.463 e. The Balaban J connectivity index is 3.03. The molecule has 1 aromatic heterocycles. The number of Topliss-reactive ketones (excluding diaryl/α,β-unsaturated/α-hetero) is 1. The third-order valence-electron chi connectivity index (χ3n) is 1.43. The van der Waals surface area contributed by atoms with Gasteiger partial charge in [-0.1, -0.05) is 23.2 Å². The molecule has 1 heterocycles. The molecular weight excluding hydrogens is 229 g/mol. The summed E-state index contributed by atoms with van der Waals surface area (Å²) in [6.45, 7) is 0. The Morgan fingerprint density at radius 2 is 2.07 bits per heavy atom. The summed E-state index contributed by atoms with van der Waals surface area (Å²) in [4.78, 5) is 25.7. The molecule has 0 N–H and O–H groups in total. The summed E-state index contributed by atoms with van der Waals surface area (Å²) >= 11 is 11.1. The Hall–Kier alpha value is -1.13. The van der Waals surface area contributed by atoms with E-state index < -0.39 is 11.8 Å². The zero-order valence-electron chi connectivity index (χ0n) is 7.08. The normalized spacial score (nSPS) is 9.64. The summed E-state index contributed by atoms with van der Waals surface area (Å²) < 4.78 is 4.24. The van der Waals surface area contributed by atoms with Crippen LogP contribution in [0.4, 0.5) is 0 Å².